The van der Waals surface area contributed by atoms with E-state index in [1.165, 1.54) is 51.4 Å². The number of hydrogen-bond donors (Lipinski definition) is 1. The first-order chi connectivity index (χ1) is 10.3. The van der Waals surface area contributed by atoms with Crippen molar-refractivity contribution in [3.8, 4) is 0 Å². The van der Waals surface area contributed by atoms with E-state index >= 15 is 0 Å². The molecule has 0 spiro atoms. The van der Waals surface area contributed by atoms with Gasteiger partial charge in [0.05, 0.1) is 0 Å². The molecule has 0 amide bonds. The van der Waals surface area contributed by atoms with Gasteiger partial charge in [0.25, 0.3) is 0 Å². The van der Waals surface area contributed by atoms with Crippen LogP contribution in [0, 0.1) is 17.8 Å². The summed E-state index contributed by atoms with van der Waals surface area (Å²) in [6, 6.07) is 10.8. The highest BCUT2D eigenvalue weighted by Gasteiger charge is 2.39. The Morgan fingerprint density at radius 2 is 1.57 bits per heavy atom. The van der Waals surface area contributed by atoms with Crippen molar-refractivity contribution in [3.63, 3.8) is 0 Å². The SMILES string of the molecule is CC1CCCC(NC2C3CCC2Cc2ccccc2C3)C1. The Kier molecular flexibility index (Phi) is 3.79. The van der Waals surface area contributed by atoms with Gasteiger partial charge in [0, 0.05) is 12.1 Å². The van der Waals surface area contributed by atoms with Gasteiger partial charge in [-0.15, -0.1) is 0 Å². The molecule has 1 N–H and O–H groups in total. The fraction of sp³-hybridized carbons (Fsp3) is 0.700. The van der Waals surface area contributed by atoms with Gasteiger partial charge in [-0.3, -0.25) is 0 Å². The summed E-state index contributed by atoms with van der Waals surface area (Å²) in [5, 5.41) is 4.13. The van der Waals surface area contributed by atoms with Crippen molar-refractivity contribution in [2.75, 3.05) is 0 Å². The van der Waals surface area contributed by atoms with Crippen LogP contribution < -0.4 is 5.32 Å². The average molecular weight is 283 g/mol. The number of benzene rings is 1. The summed E-state index contributed by atoms with van der Waals surface area (Å²) in [5.41, 5.74) is 3.27. The highest BCUT2D eigenvalue weighted by Crippen LogP contribution is 2.41. The van der Waals surface area contributed by atoms with Crippen molar-refractivity contribution in [1.29, 1.82) is 0 Å². The Morgan fingerprint density at radius 3 is 2.19 bits per heavy atom. The van der Waals surface area contributed by atoms with Gasteiger partial charge in [-0.05, 0) is 67.4 Å². The van der Waals surface area contributed by atoms with Gasteiger partial charge in [-0.25, -0.2) is 0 Å². The van der Waals surface area contributed by atoms with Crippen LogP contribution in [0.15, 0.2) is 24.3 Å². The van der Waals surface area contributed by atoms with Gasteiger partial charge in [0.2, 0.25) is 0 Å². The summed E-state index contributed by atoms with van der Waals surface area (Å²) in [4.78, 5) is 0. The van der Waals surface area contributed by atoms with E-state index in [4.69, 9.17) is 0 Å². The smallest absolute Gasteiger partial charge is 0.0132 e. The van der Waals surface area contributed by atoms with Crippen LogP contribution in [0.1, 0.15) is 56.6 Å². The van der Waals surface area contributed by atoms with E-state index < -0.39 is 0 Å². The Bertz CT molecular complexity index is 461. The molecule has 0 aliphatic heterocycles. The lowest BCUT2D eigenvalue weighted by atomic mass is 9.85. The summed E-state index contributed by atoms with van der Waals surface area (Å²) in [6.45, 7) is 2.44. The zero-order valence-corrected chi connectivity index (χ0v) is 13.4. The fourth-order valence-corrected chi connectivity index (χ4v) is 5.28. The van der Waals surface area contributed by atoms with Crippen LogP contribution in [0.2, 0.25) is 0 Å². The number of rotatable bonds is 2. The molecule has 2 saturated carbocycles. The molecular weight excluding hydrogens is 254 g/mol. The van der Waals surface area contributed by atoms with Crippen molar-refractivity contribution < 1.29 is 0 Å². The van der Waals surface area contributed by atoms with Crippen molar-refractivity contribution in [2.24, 2.45) is 17.8 Å². The average Bonchev–Trinajstić information content (AvgIpc) is 2.75. The van der Waals surface area contributed by atoms with Gasteiger partial charge in [-0.1, -0.05) is 44.0 Å². The maximum Gasteiger partial charge on any atom is 0.0132 e. The molecular formula is C20H29N. The predicted molar refractivity (Wildman–Crippen MR) is 88.4 cm³/mol. The molecule has 1 aromatic rings. The number of hydrogen-bond acceptors (Lipinski definition) is 1. The summed E-state index contributed by atoms with van der Waals surface area (Å²) >= 11 is 0. The van der Waals surface area contributed by atoms with Crippen LogP contribution in [0.3, 0.4) is 0 Å². The van der Waals surface area contributed by atoms with Gasteiger partial charge in [0.1, 0.15) is 0 Å². The second-order valence-corrected chi connectivity index (χ2v) is 7.94. The first kappa shape index (κ1) is 13.8. The zero-order chi connectivity index (χ0) is 14.2. The maximum absolute atomic E-state index is 4.13. The van der Waals surface area contributed by atoms with Gasteiger partial charge < -0.3 is 5.32 Å². The number of fused-ring (bicyclic) bond motifs is 3. The standard InChI is InChI=1S/C20H29N/c1-14-5-4-8-19(11-14)21-20-17-9-10-18(20)13-16-7-3-2-6-15(16)12-17/h2-3,6-7,14,17-21H,4-5,8-13H2,1H3. The molecule has 4 atom stereocenters. The molecule has 1 aromatic carbocycles. The third-order valence-electron chi connectivity index (χ3n) is 6.37. The topological polar surface area (TPSA) is 12.0 Å². The van der Waals surface area contributed by atoms with Crippen molar-refractivity contribution in [2.45, 2.75) is 70.4 Å². The second kappa shape index (κ2) is 5.76. The molecule has 1 heteroatoms. The molecule has 21 heavy (non-hydrogen) atoms. The highest BCUT2D eigenvalue weighted by atomic mass is 15.0. The zero-order valence-electron chi connectivity index (χ0n) is 13.4. The first-order valence-electron chi connectivity index (χ1n) is 9.12. The lowest BCUT2D eigenvalue weighted by molar-refractivity contribution is 0.237. The lowest BCUT2D eigenvalue weighted by Crippen LogP contribution is -2.46. The van der Waals surface area contributed by atoms with Gasteiger partial charge in [0.15, 0.2) is 0 Å². The summed E-state index contributed by atoms with van der Waals surface area (Å²) in [6.07, 6.45) is 11.2. The largest absolute Gasteiger partial charge is 0.311 e. The molecule has 4 unspecified atom stereocenters. The van der Waals surface area contributed by atoms with Crippen molar-refractivity contribution in [1.82, 2.24) is 5.32 Å². The third-order valence-corrected chi connectivity index (χ3v) is 6.37. The Labute approximate surface area is 129 Å². The molecule has 0 radical (unpaired) electrons. The Balaban J connectivity index is 1.50. The monoisotopic (exact) mass is 283 g/mol. The Morgan fingerprint density at radius 1 is 0.905 bits per heavy atom. The van der Waals surface area contributed by atoms with E-state index in [9.17, 15) is 0 Å². The summed E-state index contributed by atoms with van der Waals surface area (Å²) in [7, 11) is 0. The Hall–Kier alpha value is -0.820. The molecule has 0 aromatic heterocycles. The van der Waals surface area contributed by atoms with Crippen LogP contribution in [-0.2, 0) is 12.8 Å². The minimum absolute atomic E-state index is 0.785. The third kappa shape index (κ3) is 2.77. The molecule has 3 aliphatic rings. The van der Waals surface area contributed by atoms with E-state index in [2.05, 4.69) is 36.5 Å². The fourth-order valence-electron chi connectivity index (χ4n) is 5.28. The van der Waals surface area contributed by atoms with Crippen LogP contribution >= 0.6 is 0 Å². The molecule has 4 rings (SSSR count). The second-order valence-electron chi connectivity index (χ2n) is 7.94. The van der Waals surface area contributed by atoms with E-state index in [-0.39, 0.29) is 0 Å². The molecule has 1 nitrogen and oxygen atoms in total. The molecule has 3 aliphatic carbocycles. The summed E-state index contributed by atoms with van der Waals surface area (Å²) in [5.74, 6) is 2.70. The predicted octanol–water partition coefficient (Wildman–Crippen LogP) is 4.35. The van der Waals surface area contributed by atoms with E-state index in [0.717, 1.165) is 29.8 Å². The minimum atomic E-state index is 0.785. The molecule has 0 saturated heterocycles. The molecule has 2 fully saturated rings. The first-order valence-corrected chi connectivity index (χ1v) is 9.12. The van der Waals surface area contributed by atoms with Crippen molar-refractivity contribution in [3.05, 3.63) is 35.4 Å². The van der Waals surface area contributed by atoms with Crippen LogP contribution in [0.4, 0.5) is 0 Å². The van der Waals surface area contributed by atoms with Crippen LogP contribution in [-0.4, -0.2) is 12.1 Å². The van der Waals surface area contributed by atoms with E-state index in [1.54, 1.807) is 11.1 Å². The maximum atomic E-state index is 4.13. The highest BCUT2D eigenvalue weighted by molar-refractivity contribution is 5.30. The minimum Gasteiger partial charge on any atom is -0.311 e. The molecule has 0 heterocycles. The van der Waals surface area contributed by atoms with Gasteiger partial charge in [-0.2, -0.15) is 0 Å². The van der Waals surface area contributed by atoms with E-state index in [0.29, 0.717) is 0 Å². The van der Waals surface area contributed by atoms with Crippen LogP contribution in [0.5, 0.6) is 0 Å². The molecule has 114 valence electrons. The number of nitrogens with one attached hydrogen (secondary N) is 1. The van der Waals surface area contributed by atoms with Crippen LogP contribution in [0.25, 0.3) is 0 Å². The quantitative estimate of drug-likeness (QED) is 0.851. The van der Waals surface area contributed by atoms with Gasteiger partial charge >= 0.3 is 0 Å². The summed E-state index contributed by atoms with van der Waals surface area (Å²) < 4.78 is 0. The van der Waals surface area contributed by atoms with Crippen molar-refractivity contribution >= 4 is 0 Å². The lowest BCUT2D eigenvalue weighted by Gasteiger charge is -2.34. The normalized spacial score (nSPS) is 38.8. The molecule has 2 bridgehead atoms. The van der Waals surface area contributed by atoms with E-state index in [1.807, 2.05) is 0 Å².